The van der Waals surface area contributed by atoms with Crippen molar-refractivity contribution >= 4 is 5.78 Å². The van der Waals surface area contributed by atoms with Gasteiger partial charge >= 0.3 is 0 Å². The lowest BCUT2D eigenvalue weighted by atomic mass is 9.75. The van der Waals surface area contributed by atoms with Crippen molar-refractivity contribution in [2.24, 2.45) is 17.8 Å². The van der Waals surface area contributed by atoms with Crippen molar-refractivity contribution in [2.75, 3.05) is 0 Å². The Kier molecular flexibility index (Phi) is 4.31. The highest BCUT2D eigenvalue weighted by molar-refractivity contribution is 5.89. The van der Waals surface area contributed by atoms with Gasteiger partial charge in [0.25, 0.3) is 0 Å². The summed E-state index contributed by atoms with van der Waals surface area (Å²) in [6.07, 6.45) is 7.97. The van der Waals surface area contributed by atoms with Crippen molar-refractivity contribution in [2.45, 2.75) is 40.5 Å². The molecule has 0 bridgehead atoms. The average Bonchev–Trinajstić information content (AvgIpc) is 2.20. The Morgan fingerprint density at radius 1 is 1.53 bits per heavy atom. The van der Waals surface area contributed by atoms with Crippen LogP contribution in [0.25, 0.3) is 0 Å². The molecule has 0 heterocycles. The zero-order valence-electron chi connectivity index (χ0n) is 10.3. The lowest BCUT2D eigenvalue weighted by Gasteiger charge is -2.30. The fourth-order valence-corrected chi connectivity index (χ4v) is 2.21. The Labute approximate surface area is 93.3 Å². The summed E-state index contributed by atoms with van der Waals surface area (Å²) >= 11 is 0. The van der Waals surface area contributed by atoms with Crippen LogP contribution in [0.5, 0.6) is 0 Å². The summed E-state index contributed by atoms with van der Waals surface area (Å²) in [5.74, 6) is 2.06. The molecule has 0 spiro atoms. The van der Waals surface area contributed by atoms with E-state index in [1.165, 1.54) is 5.57 Å². The molecule has 0 N–H and O–H groups in total. The van der Waals surface area contributed by atoms with Gasteiger partial charge in [-0.1, -0.05) is 38.5 Å². The molecule has 1 nitrogen and oxygen atoms in total. The van der Waals surface area contributed by atoms with Crippen LogP contribution >= 0.6 is 0 Å². The number of carbonyl (C=O) groups is 1. The van der Waals surface area contributed by atoms with Crippen LogP contribution in [0.4, 0.5) is 0 Å². The van der Waals surface area contributed by atoms with Crippen LogP contribution in [0.1, 0.15) is 40.5 Å². The first-order valence-corrected chi connectivity index (χ1v) is 5.93. The largest absolute Gasteiger partial charge is 0.295 e. The monoisotopic (exact) mass is 206 g/mol. The lowest BCUT2D eigenvalue weighted by molar-refractivity contribution is -0.114. The normalized spacial score (nSPS) is 31.7. The molecule has 3 unspecified atom stereocenters. The van der Waals surface area contributed by atoms with E-state index in [2.05, 4.69) is 32.9 Å². The topological polar surface area (TPSA) is 17.1 Å². The Hall–Kier alpha value is -0.850. The van der Waals surface area contributed by atoms with Gasteiger partial charge in [0, 0.05) is 6.42 Å². The Balaban J connectivity index is 2.67. The maximum atomic E-state index is 11.2. The third-order valence-corrected chi connectivity index (χ3v) is 3.49. The van der Waals surface area contributed by atoms with Gasteiger partial charge in [0.2, 0.25) is 0 Å². The third-order valence-electron chi connectivity index (χ3n) is 3.49. The van der Waals surface area contributed by atoms with E-state index in [1.54, 1.807) is 6.08 Å². The SMILES string of the molecule is CCC(=O)/C=C/C1CC(C)=CC(C)C1C. The van der Waals surface area contributed by atoms with Crippen LogP contribution < -0.4 is 0 Å². The minimum atomic E-state index is 0.238. The Morgan fingerprint density at radius 3 is 2.80 bits per heavy atom. The summed E-state index contributed by atoms with van der Waals surface area (Å²) in [6.45, 7) is 8.63. The van der Waals surface area contributed by atoms with Crippen LogP contribution in [0, 0.1) is 17.8 Å². The Bertz CT molecular complexity index is 286. The minimum Gasteiger partial charge on any atom is -0.295 e. The van der Waals surface area contributed by atoms with Crippen LogP contribution in [0.2, 0.25) is 0 Å². The molecule has 0 aliphatic heterocycles. The maximum Gasteiger partial charge on any atom is 0.155 e. The van der Waals surface area contributed by atoms with Gasteiger partial charge < -0.3 is 0 Å². The molecule has 1 rings (SSSR count). The van der Waals surface area contributed by atoms with Crippen LogP contribution in [0.15, 0.2) is 23.8 Å². The van der Waals surface area contributed by atoms with Crippen molar-refractivity contribution in [3.05, 3.63) is 23.8 Å². The van der Waals surface area contributed by atoms with Crippen molar-refractivity contribution in [1.29, 1.82) is 0 Å². The van der Waals surface area contributed by atoms with E-state index in [1.807, 2.05) is 6.92 Å². The highest BCUT2D eigenvalue weighted by Crippen LogP contribution is 2.34. The van der Waals surface area contributed by atoms with Crippen molar-refractivity contribution in [3.63, 3.8) is 0 Å². The molecule has 1 heteroatoms. The number of hydrogen-bond donors (Lipinski definition) is 0. The molecule has 0 aromatic carbocycles. The number of allylic oxidation sites excluding steroid dienone is 4. The van der Waals surface area contributed by atoms with Gasteiger partial charge in [0.1, 0.15) is 0 Å². The van der Waals surface area contributed by atoms with E-state index in [-0.39, 0.29) is 5.78 Å². The fourth-order valence-electron chi connectivity index (χ4n) is 2.21. The predicted octanol–water partition coefficient (Wildman–Crippen LogP) is 3.76. The van der Waals surface area contributed by atoms with E-state index in [0.29, 0.717) is 24.2 Å². The van der Waals surface area contributed by atoms with E-state index in [9.17, 15) is 4.79 Å². The molecule has 0 saturated heterocycles. The number of hydrogen-bond acceptors (Lipinski definition) is 1. The average molecular weight is 206 g/mol. The standard InChI is InChI=1S/C14H22O/c1-5-14(15)7-6-13-9-10(2)8-11(3)12(13)4/h6-8,11-13H,5,9H2,1-4H3/b7-6+. The molecule has 84 valence electrons. The van der Waals surface area contributed by atoms with E-state index in [0.717, 1.165) is 6.42 Å². The van der Waals surface area contributed by atoms with Gasteiger partial charge in [0.05, 0.1) is 0 Å². The van der Waals surface area contributed by atoms with Crippen molar-refractivity contribution in [1.82, 2.24) is 0 Å². The number of rotatable bonds is 3. The molecular weight excluding hydrogens is 184 g/mol. The first-order valence-electron chi connectivity index (χ1n) is 5.93. The predicted molar refractivity (Wildman–Crippen MR) is 64.6 cm³/mol. The minimum absolute atomic E-state index is 0.238. The molecule has 0 fully saturated rings. The first-order chi connectivity index (χ1) is 7.04. The molecule has 0 aromatic heterocycles. The summed E-state index contributed by atoms with van der Waals surface area (Å²) in [5, 5.41) is 0. The van der Waals surface area contributed by atoms with Crippen LogP contribution in [-0.4, -0.2) is 5.78 Å². The molecule has 15 heavy (non-hydrogen) atoms. The third kappa shape index (κ3) is 3.33. The molecule has 0 saturated carbocycles. The van der Waals surface area contributed by atoms with Crippen molar-refractivity contribution in [3.8, 4) is 0 Å². The molecule has 1 aliphatic rings. The van der Waals surface area contributed by atoms with E-state index >= 15 is 0 Å². The summed E-state index contributed by atoms with van der Waals surface area (Å²) in [5.41, 5.74) is 1.46. The molecule has 3 atom stereocenters. The second kappa shape index (κ2) is 5.29. The maximum absolute atomic E-state index is 11.2. The first kappa shape index (κ1) is 12.2. The van der Waals surface area contributed by atoms with Gasteiger partial charge in [0.15, 0.2) is 5.78 Å². The van der Waals surface area contributed by atoms with Gasteiger partial charge in [-0.2, -0.15) is 0 Å². The second-order valence-electron chi connectivity index (χ2n) is 4.78. The van der Waals surface area contributed by atoms with Gasteiger partial charge in [-0.3, -0.25) is 4.79 Å². The molecule has 0 radical (unpaired) electrons. The number of ketones is 1. The highest BCUT2D eigenvalue weighted by Gasteiger charge is 2.23. The number of carbonyl (C=O) groups excluding carboxylic acids is 1. The zero-order chi connectivity index (χ0) is 11.4. The molecule has 0 amide bonds. The van der Waals surface area contributed by atoms with E-state index < -0.39 is 0 Å². The van der Waals surface area contributed by atoms with Gasteiger partial charge in [-0.25, -0.2) is 0 Å². The lowest BCUT2D eigenvalue weighted by Crippen LogP contribution is -2.21. The summed E-state index contributed by atoms with van der Waals surface area (Å²) in [4.78, 5) is 11.2. The van der Waals surface area contributed by atoms with Gasteiger partial charge in [-0.15, -0.1) is 0 Å². The van der Waals surface area contributed by atoms with E-state index in [4.69, 9.17) is 0 Å². The van der Waals surface area contributed by atoms with Crippen LogP contribution in [-0.2, 0) is 4.79 Å². The quantitative estimate of drug-likeness (QED) is 0.507. The summed E-state index contributed by atoms with van der Waals surface area (Å²) in [6, 6.07) is 0. The Morgan fingerprint density at radius 2 is 2.20 bits per heavy atom. The summed E-state index contributed by atoms with van der Waals surface area (Å²) < 4.78 is 0. The summed E-state index contributed by atoms with van der Waals surface area (Å²) in [7, 11) is 0. The van der Waals surface area contributed by atoms with Crippen molar-refractivity contribution < 1.29 is 4.79 Å². The van der Waals surface area contributed by atoms with Gasteiger partial charge in [-0.05, 0) is 37.2 Å². The molecule has 1 aliphatic carbocycles. The second-order valence-corrected chi connectivity index (χ2v) is 4.78. The zero-order valence-corrected chi connectivity index (χ0v) is 10.3. The molecule has 0 aromatic rings. The fraction of sp³-hybridized carbons (Fsp3) is 0.643. The highest BCUT2D eigenvalue weighted by atomic mass is 16.1. The van der Waals surface area contributed by atoms with Crippen LogP contribution in [0.3, 0.4) is 0 Å². The molecular formula is C14H22O. The smallest absolute Gasteiger partial charge is 0.155 e.